The van der Waals surface area contributed by atoms with Gasteiger partial charge in [0.05, 0.1) is 12.6 Å². The SMILES string of the molecule is CC(=O)NCC(=O)N1CCCCC1c1nc(C)c2c(n1)N(CCc1ccccn1)CCC2. The zero-order chi connectivity index (χ0) is 22.5. The summed E-state index contributed by atoms with van der Waals surface area (Å²) in [5.41, 5.74) is 3.30. The number of carbonyl (C=O) groups is 2. The Hall–Kier alpha value is -3.03. The number of pyridine rings is 1. The zero-order valence-corrected chi connectivity index (χ0v) is 19.0. The molecule has 8 nitrogen and oxygen atoms in total. The average Bonchev–Trinajstić information content (AvgIpc) is 2.82. The van der Waals surface area contributed by atoms with Gasteiger partial charge in [0, 0.05) is 56.1 Å². The second kappa shape index (κ2) is 10.1. The quantitative estimate of drug-likeness (QED) is 0.748. The molecule has 2 aliphatic heterocycles. The number of fused-ring (bicyclic) bond motifs is 1. The van der Waals surface area contributed by atoms with Gasteiger partial charge in [-0.25, -0.2) is 9.97 Å². The van der Waals surface area contributed by atoms with E-state index in [1.54, 1.807) is 0 Å². The summed E-state index contributed by atoms with van der Waals surface area (Å²) in [6, 6.07) is 5.87. The van der Waals surface area contributed by atoms with Crippen molar-refractivity contribution in [2.75, 3.05) is 31.1 Å². The second-order valence-electron chi connectivity index (χ2n) is 8.64. The van der Waals surface area contributed by atoms with Crippen molar-refractivity contribution >= 4 is 17.6 Å². The lowest BCUT2D eigenvalue weighted by molar-refractivity contribution is -0.136. The van der Waals surface area contributed by atoms with Crippen molar-refractivity contribution in [1.29, 1.82) is 0 Å². The van der Waals surface area contributed by atoms with Gasteiger partial charge < -0.3 is 15.1 Å². The molecule has 1 saturated heterocycles. The van der Waals surface area contributed by atoms with Crippen LogP contribution >= 0.6 is 0 Å². The largest absolute Gasteiger partial charge is 0.356 e. The highest BCUT2D eigenvalue weighted by Crippen LogP contribution is 2.33. The Kier molecular flexibility index (Phi) is 6.97. The normalized spacial score (nSPS) is 18.2. The first kappa shape index (κ1) is 22.2. The third kappa shape index (κ3) is 5.06. The molecule has 4 heterocycles. The minimum Gasteiger partial charge on any atom is -0.356 e. The van der Waals surface area contributed by atoms with Crippen LogP contribution in [-0.4, -0.2) is 57.8 Å². The van der Waals surface area contributed by atoms with Crippen molar-refractivity contribution in [1.82, 2.24) is 25.2 Å². The summed E-state index contributed by atoms with van der Waals surface area (Å²) < 4.78 is 0. The number of nitrogens with zero attached hydrogens (tertiary/aromatic N) is 5. The molecule has 0 aliphatic carbocycles. The fourth-order valence-corrected chi connectivity index (χ4v) is 4.67. The van der Waals surface area contributed by atoms with Crippen LogP contribution in [-0.2, 0) is 22.4 Å². The summed E-state index contributed by atoms with van der Waals surface area (Å²) in [5, 5.41) is 2.63. The molecular weight excluding hydrogens is 404 g/mol. The minimum absolute atomic E-state index is 0.0198. The Labute approximate surface area is 189 Å². The summed E-state index contributed by atoms with van der Waals surface area (Å²) in [6.45, 7) is 5.99. The highest BCUT2D eigenvalue weighted by Gasteiger charge is 2.32. The third-order valence-electron chi connectivity index (χ3n) is 6.34. The van der Waals surface area contributed by atoms with E-state index in [0.717, 1.165) is 74.6 Å². The predicted molar refractivity (Wildman–Crippen MR) is 122 cm³/mol. The molecule has 2 aliphatic rings. The monoisotopic (exact) mass is 436 g/mol. The number of likely N-dealkylation sites (tertiary alicyclic amines) is 1. The highest BCUT2D eigenvalue weighted by atomic mass is 16.2. The summed E-state index contributed by atoms with van der Waals surface area (Å²) in [7, 11) is 0. The molecule has 1 atom stereocenters. The third-order valence-corrected chi connectivity index (χ3v) is 6.34. The lowest BCUT2D eigenvalue weighted by atomic mass is 9.99. The zero-order valence-electron chi connectivity index (χ0n) is 19.0. The number of nitrogens with one attached hydrogen (secondary N) is 1. The molecule has 0 aromatic carbocycles. The highest BCUT2D eigenvalue weighted by molar-refractivity contribution is 5.84. The van der Waals surface area contributed by atoms with Crippen LogP contribution in [0.15, 0.2) is 24.4 Å². The minimum atomic E-state index is -0.198. The van der Waals surface area contributed by atoms with Crippen LogP contribution in [0, 0.1) is 6.92 Å². The second-order valence-corrected chi connectivity index (χ2v) is 8.64. The standard InChI is InChI=1S/C24H32N6O2/c1-17-20-9-7-13-29(15-11-19-8-3-5-12-25-19)24(20)28-23(27-17)21-10-4-6-14-30(21)22(32)16-26-18(2)31/h3,5,8,12,21H,4,6-7,9-11,13-16H2,1-2H3,(H,26,31). The Morgan fingerprint density at radius 1 is 1.16 bits per heavy atom. The van der Waals surface area contributed by atoms with E-state index < -0.39 is 0 Å². The van der Waals surface area contributed by atoms with Crippen molar-refractivity contribution < 1.29 is 9.59 Å². The molecule has 1 N–H and O–H groups in total. The maximum atomic E-state index is 12.8. The summed E-state index contributed by atoms with van der Waals surface area (Å²) in [5.74, 6) is 1.46. The molecule has 0 spiro atoms. The lowest BCUT2D eigenvalue weighted by Crippen LogP contribution is -2.44. The van der Waals surface area contributed by atoms with Crippen molar-refractivity contribution in [3.63, 3.8) is 0 Å². The number of aryl methyl sites for hydroxylation is 1. The maximum absolute atomic E-state index is 12.8. The summed E-state index contributed by atoms with van der Waals surface area (Å²) in [6.07, 6.45) is 7.61. The molecule has 2 aromatic heterocycles. The van der Waals surface area contributed by atoms with Crippen molar-refractivity contribution in [2.24, 2.45) is 0 Å². The Morgan fingerprint density at radius 2 is 2.03 bits per heavy atom. The first-order valence-corrected chi connectivity index (χ1v) is 11.6. The van der Waals surface area contributed by atoms with Gasteiger partial charge in [-0.1, -0.05) is 6.07 Å². The molecular formula is C24H32N6O2. The number of amides is 2. The number of hydrogen-bond donors (Lipinski definition) is 1. The van der Waals surface area contributed by atoms with Crippen LogP contribution in [0.25, 0.3) is 0 Å². The molecule has 0 radical (unpaired) electrons. The fourth-order valence-electron chi connectivity index (χ4n) is 4.67. The average molecular weight is 437 g/mol. The van der Waals surface area contributed by atoms with Crippen molar-refractivity contribution in [3.05, 3.63) is 47.2 Å². The number of rotatable bonds is 6. The smallest absolute Gasteiger partial charge is 0.242 e. The van der Waals surface area contributed by atoms with Gasteiger partial charge in [-0.2, -0.15) is 0 Å². The van der Waals surface area contributed by atoms with E-state index in [2.05, 4.69) is 28.2 Å². The number of aromatic nitrogens is 3. The Balaban J connectivity index is 1.57. The van der Waals surface area contributed by atoms with Crippen LogP contribution < -0.4 is 10.2 Å². The van der Waals surface area contributed by atoms with Gasteiger partial charge in [-0.05, 0) is 51.2 Å². The molecule has 8 heteroatoms. The van der Waals surface area contributed by atoms with E-state index >= 15 is 0 Å². The molecule has 32 heavy (non-hydrogen) atoms. The summed E-state index contributed by atoms with van der Waals surface area (Å²) in [4.78, 5) is 42.6. The van der Waals surface area contributed by atoms with Gasteiger partial charge in [-0.15, -0.1) is 0 Å². The van der Waals surface area contributed by atoms with Crippen molar-refractivity contribution in [3.8, 4) is 0 Å². The van der Waals surface area contributed by atoms with Crippen LogP contribution in [0.4, 0.5) is 5.82 Å². The molecule has 2 amide bonds. The van der Waals surface area contributed by atoms with E-state index in [9.17, 15) is 9.59 Å². The molecule has 2 aromatic rings. The molecule has 4 rings (SSSR count). The number of carbonyl (C=O) groups excluding carboxylic acids is 2. The van der Waals surface area contributed by atoms with Gasteiger partial charge in [0.25, 0.3) is 0 Å². The van der Waals surface area contributed by atoms with E-state index in [1.165, 1.54) is 12.5 Å². The number of hydrogen-bond acceptors (Lipinski definition) is 6. The van der Waals surface area contributed by atoms with E-state index in [4.69, 9.17) is 9.97 Å². The van der Waals surface area contributed by atoms with Gasteiger partial charge in [0.15, 0.2) is 5.82 Å². The van der Waals surface area contributed by atoms with Crippen LogP contribution in [0.3, 0.4) is 0 Å². The van der Waals surface area contributed by atoms with Crippen molar-refractivity contribution in [2.45, 2.75) is 58.4 Å². The van der Waals surface area contributed by atoms with Gasteiger partial charge in [0.1, 0.15) is 5.82 Å². The first-order chi connectivity index (χ1) is 15.5. The molecule has 0 bridgehead atoms. The molecule has 0 saturated carbocycles. The number of anilines is 1. The summed E-state index contributed by atoms with van der Waals surface area (Å²) >= 11 is 0. The fraction of sp³-hybridized carbons (Fsp3) is 0.542. The van der Waals surface area contributed by atoms with Gasteiger partial charge in [-0.3, -0.25) is 14.6 Å². The van der Waals surface area contributed by atoms with Gasteiger partial charge >= 0.3 is 0 Å². The predicted octanol–water partition coefficient (Wildman–Crippen LogP) is 2.37. The molecule has 170 valence electrons. The lowest BCUT2D eigenvalue weighted by Gasteiger charge is -2.36. The van der Waals surface area contributed by atoms with E-state index in [1.807, 2.05) is 23.2 Å². The van der Waals surface area contributed by atoms with Crippen LogP contribution in [0.1, 0.15) is 61.4 Å². The molecule has 1 fully saturated rings. The van der Waals surface area contributed by atoms with Crippen LogP contribution in [0.5, 0.6) is 0 Å². The first-order valence-electron chi connectivity index (χ1n) is 11.6. The van der Waals surface area contributed by atoms with Crippen LogP contribution in [0.2, 0.25) is 0 Å². The maximum Gasteiger partial charge on any atom is 0.242 e. The topological polar surface area (TPSA) is 91.3 Å². The number of piperidine rings is 1. The van der Waals surface area contributed by atoms with Gasteiger partial charge in [0.2, 0.25) is 11.8 Å². The molecule has 1 unspecified atom stereocenters. The van der Waals surface area contributed by atoms with E-state index in [-0.39, 0.29) is 24.4 Å². The Bertz CT molecular complexity index is 964. The van der Waals surface area contributed by atoms with E-state index in [0.29, 0.717) is 6.54 Å². The Morgan fingerprint density at radius 3 is 2.81 bits per heavy atom.